The molecule has 0 spiro atoms. The average Bonchev–Trinajstić information content (AvgIpc) is 2.68. The first-order valence-electron chi connectivity index (χ1n) is 10.4. The molecule has 0 unspecified atom stereocenters. The van der Waals surface area contributed by atoms with E-state index >= 15 is 0 Å². The van der Waals surface area contributed by atoms with E-state index < -0.39 is 15.9 Å². The number of sulfonamides is 1. The zero-order valence-electron chi connectivity index (χ0n) is 18.0. The van der Waals surface area contributed by atoms with E-state index in [4.69, 9.17) is 23.2 Å². The van der Waals surface area contributed by atoms with E-state index in [0.29, 0.717) is 26.9 Å². The molecular formula is C23H28Cl2N2O3S. The summed E-state index contributed by atoms with van der Waals surface area (Å²) in [6.45, 7) is 5.27. The van der Waals surface area contributed by atoms with Gasteiger partial charge in [-0.2, -0.15) is 4.31 Å². The number of nitrogens with one attached hydrogen (secondary N) is 1. The molecule has 1 amide bonds. The highest BCUT2D eigenvalue weighted by Crippen LogP contribution is 2.32. The number of aryl methyl sites for hydroxylation is 3. The molecule has 0 radical (unpaired) electrons. The number of rotatable bonds is 6. The molecule has 0 saturated heterocycles. The number of halogens is 2. The van der Waals surface area contributed by atoms with E-state index in [2.05, 4.69) is 5.32 Å². The molecule has 3 rings (SSSR count). The van der Waals surface area contributed by atoms with Crippen LogP contribution in [-0.2, 0) is 14.8 Å². The predicted molar refractivity (Wildman–Crippen MR) is 127 cm³/mol. The normalized spacial score (nSPS) is 15.3. The highest BCUT2D eigenvalue weighted by Gasteiger charge is 2.35. The SMILES string of the molecule is Cc1cc(C)c(S(=O)(=O)N(CC(=O)Nc2cc(Cl)ccc2Cl)C2CCCCC2)c(C)c1. The largest absolute Gasteiger partial charge is 0.324 e. The summed E-state index contributed by atoms with van der Waals surface area (Å²) >= 11 is 12.2. The summed E-state index contributed by atoms with van der Waals surface area (Å²) in [5.74, 6) is -0.444. The molecule has 0 atom stereocenters. The number of carbonyl (C=O) groups is 1. The van der Waals surface area contributed by atoms with Crippen LogP contribution >= 0.6 is 23.2 Å². The van der Waals surface area contributed by atoms with Gasteiger partial charge in [0.15, 0.2) is 0 Å². The van der Waals surface area contributed by atoms with Crippen molar-refractivity contribution in [2.75, 3.05) is 11.9 Å². The van der Waals surface area contributed by atoms with Crippen LogP contribution in [0, 0.1) is 20.8 Å². The topological polar surface area (TPSA) is 66.5 Å². The molecule has 8 heteroatoms. The number of hydrogen-bond donors (Lipinski definition) is 1. The van der Waals surface area contributed by atoms with Crippen molar-refractivity contribution in [3.05, 3.63) is 57.1 Å². The smallest absolute Gasteiger partial charge is 0.244 e. The van der Waals surface area contributed by atoms with Crippen LogP contribution in [0.3, 0.4) is 0 Å². The van der Waals surface area contributed by atoms with Gasteiger partial charge in [0.05, 0.1) is 22.2 Å². The molecule has 31 heavy (non-hydrogen) atoms. The van der Waals surface area contributed by atoms with E-state index in [9.17, 15) is 13.2 Å². The van der Waals surface area contributed by atoms with E-state index in [1.807, 2.05) is 19.1 Å². The monoisotopic (exact) mass is 482 g/mol. The Hall–Kier alpha value is -1.60. The Balaban J connectivity index is 1.95. The first-order chi connectivity index (χ1) is 14.6. The molecular weight excluding hydrogens is 455 g/mol. The first-order valence-corrected chi connectivity index (χ1v) is 12.6. The van der Waals surface area contributed by atoms with Crippen LogP contribution < -0.4 is 5.32 Å². The van der Waals surface area contributed by atoms with Crippen LogP contribution in [0.15, 0.2) is 35.2 Å². The van der Waals surface area contributed by atoms with Gasteiger partial charge in [0.2, 0.25) is 15.9 Å². The summed E-state index contributed by atoms with van der Waals surface area (Å²) < 4.78 is 29.0. The van der Waals surface area contributed by atoms with E-state index in [1.54, 1.807) is 32.0 Å². The van der Waals surface area contributed by atoms with Gasteiger partial charge in [-0.1, -0.05) is 60.2 Å². The Morgan fingerprint density at radius 3 is 2.26 bits per heavy atom. The standard InChI is InChI=1S/C23H28Cl2N2O3S/c1-15-11-16(2)23(17(3)12-15)31(29,30)27(19-7-5-4-6-8-19)14-22(28)26-21-13-18(24)9-10-20(21)25/h9-13,19H,4-8,14H2,1-3H3,(H,26,28). The van der Waals surface area contributed by atoms with Gasteiger partial charge in [0, 0.05) is 11.1 Å². The molecule has 0 bridgehead atoms. The number of anilines is 1. The zero-order valence-corrected chi connectivity index (χ0v) is 20.4. The fourth-order valence-corrected chi connectivity index (χ4v) is 6.79. The van der Waals surface area contributed by atoms with E-state index in [1.165, 1.54) is 4.31 Å². The third kappa shape index (κ3) is 5.61. The lowest BCUT2D eigenvalue weighted by molar-refractivity contribution is -0.116. The minimum Gasteiger partial charge on any atom is -0.324 e. The van der Waals surface area contributed by atoms with Crippen LogP contribution in [0.2, 0.25) is 10.0 Å². The third-order valence-corrected chi connectivity index (χ3v) is 8.42. The fourth-order valence-electron chi connectivity index (χ4n) is 4.39. The van der Waals surface area contributed by atoms with Gasteiger partial charge in [-0.05, 0) is 62.9 Å². The van der Waals surface area contributed by atoms with Crippen molar-refractivity contribution in [3.8, 4) is 0 Å². The lowest BCUT2D eigenvalue weighted by atomic mass is 9.95. The third-order valence-electron chi connectivity index (χ3n) is 5.66. The van der Waals surface area contributed by atoms with Gasteiger partial charge in [-0.3, -0.25) is 4.79 Å². The second-order valence-electron chi connectivity index (χ2n) is 8.24. The second-order valence-corrected chi connectivity index (χ2v) is 10.9. The highest BCUT2D eigenvalue weighted by molar-refractivity contribution is 7.89. The van der Waals surface area contributed by atoms with Crippen molar-refractivity contribution in [2.45, 2.75) is 63.8 Å². The average molecular weight is 483 g/mol. The lowest BCUT2D eigenvalue weighted by Gasteiger charge is -2.33. The Labute approximate surface area is 194 Å². The summed E-state index contributed by atoms with van der Waals surface area (Å²) in [6, 6.07) is 8.29. The molecule has 0 heterocycles. The molecule has 2 aromatic rings. The molecule has 5 nitrogen and oxygen atoms in total. The van der Waals surface area contributed by atoms with Gasteiger partial charge >= 0.3 is 0 Å². The first kappa shape index (κ1) is 24.1. The summed E-state index contributed by atoms with van der Waals surface area (Å²) in [4.78, 5) is 13.2. The maximum absolute atomic E-state index is 13.8. The molecule has 0 aliphatic heterocycles. The molecule has 0 aromatic heterocycles. The quantitative estimate of drug-likeness (QED) is 0.558. The van der Waals surface area contributed by atoms with E-state index in [0.717, 1.165) is 37.7 Å². The van der Waals surface area contributed by atoms with Crippen molar-refractivity contribution in [1.29, 1.82) is 0 Å². The minimum atomic E-state index is -3.87. The molecule has 168 valence electrons. The molecule has 1 aliphatic carbocycles. The Morgan fingerprint density at radius 1 is 1.03 bits per heavy atom. The molecule has 2 aromatic carbocycles. The molecule has 1 fully saturated rings. The number of hydrogen-bond acceptors (Lipinski definition) is 3. The number of amides is 1. The Morgan fingerprint density at radius 2 is 1.65 bits per heavy atom. The van der Waals surface area contributed by atoms with Gasteiger partial charge in [-0.15, -0.1) is 0 Å². The highest BCUT2D eigenvalue weighted by atomic mass is 35.5. The van der Waals surface area contributed by atoms with Crippen molar-refractivity contribution < 1.29 is 13.2 Å². The van der Waals surface area contributed by atoms with Crippen molar-refractivity contribution in [3.63, 3.8) is 0 Å². The van der Waals surface area contributed by atoms with Gasteiger partial charge in [-0.25, -0.2) is 8.42 Å². The van der Waals surface area contributed by atoms with Gasteiger partial charge < -0.3 is 5.32 Å². The van der Waals surface area contributed by atoms with Gasteiger partial charge in [0.25, 0.3) is 0 Å². The van der Waals surface area contributed by atoms with Crippen LogP contribution in [0.5, 0.6) is 0 Å². The maximum Gasteiger partial charge on any atom is 0.244 e. The van der Waals surface area contributed by atoms with Crippen LogP contribution in [0.4, 0.5) is 5.69 Å². The van der Waals surface area contributed by atoms with Crippen molar-refractivity contribution in [2.24, 2.45) is 0 Å². The maximum atomic E-state index is 13.8. The zero-order chi connectivity index (χ0) is 22.8. The summed E-state index contributed by atoms with van der Waals surface area (Å²) in [6.07, 6.45) is 4.47. The van der Waals surface area contributed by atoms with Crippen LogP contribution in [0.1, 0.15) is 48.8 Å². The minimum absolute atomic E-state index is 0.209. The summed E-state index contributed by atoms with van der Waals surface area (Å²) in [5, 5.41) is 3.50. The fraction of sp³-hybridized carbons (Fsp3) is 0.435. The van der Waals surface area contributed by atoms with Crippen LogP contribution in [0.25, 0.3) is 0 Å². The Kier molecular flexibility index (Phi) is 7.68. The second kappa shape index (κ2) is 9.90. The molecule has 1 saturated carbocycles. The van der Waals surface area contributed by atoms with Crippen molar-refractivity contribution in [1.82, 2.24) is 4.31 Å². The van der Waals surface area contributed by atoms with Crippen LogP contribution in [-0.4, -0.2) is 31.2 Å². The number of nitrogens with zero attached hydrogens (tertiary/aromatic N) is 1. The van der Waals surface area contributed by atoms with Crippen molar-refractivity contribution >= 4 is 44.8 Å². The van der Waals surface area contributed by atoms with E-state index in [-0.39, 0.29) is 17.5 Å². The molecule has 1 N–H and O–H groups in total. The number of benzene rings is 2. The number of carbonyl (C=O) groups excluding carboxylic acids is 1. The summed E-state index contributed by atoms with van der Waals surface area (Å²) in [5.41, 5.74) is 2.75. The lowest BCUT2D eigenvalue weighted by Crippen LogP contribution is -2.46. The van der Waals surface area contributed by atoms with Gasteiger partial charge in [0.1, 0.15) is 0 Å². The predicted octanol–water partition coefficient (Wildman–Crippen LogP) is 5.88. The summed E-state index contributed by atoms with van der Waals surface area (Å²) in [7, 11) is -3.87. The Bertz CT molecular complexity index is 1060. The molecule has 1 aliphatic rings.